The van der Waals surface area contributed by atoms with E-state index in [1.54, 1.807) is 0 Å². The predicted molar refractivity (Wildman–Crippen MR) is 73.2 cm³/mol. The Kier molecular flexibility index (Phi) is 2.19. The fourth-order valence-corrected chi connectivity index (χ4v) is 2.68. The lowest BCUT2D eigenvalue weighted by Gasteiger charge is -1.97. The minimum atomic E-state index is 0.615. The van der Waals surface area contributed by atoms with Crippen molar-refractivity contribution in [3.05, 3.63) is 35.3 Å². The molecule has 86 valence electrons. The largest absolute Gasteiger partial charge is 0.375 e. The summed E-state index contributed by atoms with van der Waals surface area (Å²) in [5.74, 6) is 0. The fraction of sp³-hybridized carbons (Fsp3) is 0.154. The number of aryl methyl sites for hydroxylation is 2. The van der Waals surface area contributed by atoms with Gasteiger partial charge in [-0.05, 0) is 19.1 Å². The lowest BCUT2D eigenvalue weighted by Crippen LogP contribution is -1.83. The molecule has 0 atom stereocenters. The van der Waals surface area contributed by atoms with E-state index >= 15 is 0 Å². The second-order valence-electron chi connectivity index (χ2n) is 4.25. The molecule has 0 unspecified atom stereocenters. The molecule has 3 nitrogen and oxygen atoms in total. The number of nitrogens with zero attached hydrogens (tertiary/aromatic N) is 2. The maximum Gasteiger partial charge on any atom is 0.180 e. The SMILES string of the molecule is Cc1ccc2c(c1)c(-c1csc(N)n1)cn2C. The van der Waals surface area contributed by atoms with Crippen molar-refractivity contribution in [1.82, 2.24) is 9.55 Å². The molecule has 4 heteroatoms. The summed E-state index contributed by atoms with van der Waals surface area (Å²) in [6, 6.07) is 6.46. The van der Waals surface area contributed by atoms with Gasteiger partial charge in [0.2, 0.25) is 0 Å². The van der Waals surface area contributed by atoms with E-state index < -0.39 is 0 Å². The molecule has 0 radical (unpaired) electrons. The topological polar surface area (TPSA) is 43.8 Å². The summed E-state index contributed by atoms with van der Waals surface area (Å²) in [7, 11) is 2.05. The third kappa shape index (κ3) is 1.61. The molecule has 1 aromatic carbocycles. The Bertz CT molecular complexity index is 694. The van der Waals surface area contributed by atoms with Crippen LogP contribution in [0.15, 0.2) is 29.8 Å². The third-order valence-electron chi connectivity index (χ3n) is 2.94. The Hall–Kier alpha value is -1.81. The molecule has 2 heterocycles. The first kappa shape index (κ1) is 10.4. The highest BCUT2D eigenvalue weighted by atomic mass is 32.1. The normalized spacial score (nSPS) is 11.2. The number of anilines is 1. The number of benzene rings is 1. The number of fused-ring (bicyclic) bond motifs is 1. The zero-order valence-corrected chi connectivity index (χ0v) is 10.6. The van der Waals surface area contributed by atoms with E-state index in [4.69, 9.17) is 5.73 Å². The molecule has 0 aliphatic heterocycles. The zero-order valence-electron chi connectivity index (χ0n) is 9.77. The van der Waals surface area contributed by atoms with Crippen LogP contribution in [0.3, 0.4) is 0 Å². The van der Waals surface area contributed by atoms with Gasteiger partial charge in [-0.25, -0.2) is 4.98 Å². The summed E-state index contributed by atoms with van der Waals surface area (Å²) in [5, 5.41) is 3.86. The van der Waals surface area contributed by atoms with Gasteiger partial charge in [0.1, 0.15) is 0 Å². The molecule has 0 amide bonds. The molecule has 2 N–H and O–H groups in total. The molecular weight excluding hydrogens is 230 g/mol. The molecule has 0 spiro atoms. The van der Waals surface area contributed by atoms with Crippen molar-refractivity contribution >= 4 is 27.4 Å². The lowest BCUT2D eigenvalue weighted by atomic mass is 10.1. The van der Waals surface area contributed by atoms with Crippen LogP contribution in [0.2, 0.25) is 0 Å². The van der Waals surface area contributed by atoms with Gasteiger partial charge < -0.3 is 10.3 Å². The summed E-state index contributed by atoms with van der Waals surface area (Å²) in [5.41, 5.74) is 10.3. The van der Waals surface area contributed by atoms with Crippen LogP contribution in [0.4, 0.5) is 5.13 Å². The fourth-order valence-electron chi connectivity index (χ4n) is 2.12. The second-order valence-corrected chi connectivity index (χ2v) is 5.13. The predicted octanol–water partition coefficient (Wildman–Crippen LogP) is 3.19. The van der Waals surface area contributed by atoms with Crippen LogP contribution in [0.1, 0.15) is 5.56 Å². The van der Waals surface area contributed by atoms with Crippen LogP contribution in [-0.2, 0) is 7.05 Å². The highest BCUT2D eigenvalue weighted by Gasteiger charge is 2.11. The monoisotopic (exact) mass is 243 g/mol. The van der Waals surface area contributed by atoms with E-state index in [9.17, 15) is 0 Å². The van der Waals surface area contributed by atoms with E-state index in [2.05, 4.69) is 47.9 Å². The maximum absolute atomic E-state index is 5.70. The second kappa shape index (κ2) is 3.60. The molecule has 0 fully saturated rings. The number of nitrogens with two attached hydrogens (primary N) is 1. The van der Waals surface area contributed by atoms with Crippen LogP contribution >= 0.6 is 11.3 Å². The maximum atomic E-state index is 5.70. The number of hydrogen-bond acceptors (Lipinski definition) is 3. The average molecular weight is 243 g/mol. The van der Waals surface area contributed by atoms with Crippen LogP contribution in [0.5, 0.6) is 0 Å². The Morgan fingerprint density at radius 1 is 1.35 bits per heavy atom. The van der Waals surface area contributed by atoms with E-state index in [-0.39, 0.29) is 0 Å². The van der Waals surface area contributed by atoms with Crippen LogP contribution in [-0.4, -0.2) is 9.55 Å². The average Bonchev–Trinajstić information content (AvgIpc) is 2.83. The van der Waals surface area contributed by atoms with Gasteiger partial charge in [-0.2, -0.15) is 0 Å². The van der Waals surface area contributed by atoms with Gasteiger partial charge in [-0.3, -0.25) is 0 Å². The standard InChI is InChI=1S/C13H13N3S/c1-8-3-4-12-9(5-8)10(6-16(12)2)11-7-17-13(14)15-11/h3-7H,1-2H3,(H2,14,15). The van der Waals surface area contributed by atoms with Gasteiger partial charge in [0.05, 0.1) is 5.69 Å². The van der Waals surface area contributed by atoms with E-state index in [0.717, 1.165) is 11.3 Å². The molecule has 17 heavy (non-hydrogen) atoms. The number of rotatable bonds is 1. The van der Waals surface area contributed by atoms with Crippen molar-refractivity contribution in [3.63, 3.8) is 0 Å². The highest BCUT2D eigenvalue weighted by molar-refractivity contribution is 7.13. The number of hydrogen-bond donors (Lipinski definition) is 1. The van der Waals surface area contributed by atoms with Gasteiger partial charge >= 0.3 is 0 Å². The van der Waals surface area contributed by atoms with Crippen molar-refractivity contribution < 1.29 is 0 Å². The first-order valence-electron chi connectivity index (χ1n) is 5.42. The molecule has 0 saturated carbocycles. The Balaban J connectivity index is 2.33. The molecule has 0 saturated heterocycles. The van der Waals surface area contributed by atoms with Crippen LogP contribution < -0.4 is 5.73 Å². The first-order chi connectivity index (χ1) is 8.15. The van der Waals surface area contributed by atoms with Gasteiger partial charge in [-0.1, -0.05) is 11.6 Å². The molecule has 0 aliphatic carbocycles. The Morgan fingerprint density at radius 3 is 2.88 bits per heavy atom. The smallest absolute Gasteiger partial charge is 0.180 e. The number of aromatic nitrogens is 2. The highest BCUT2D eigenvalue weighted by Crippen LogP contribution is 2.31. The third-order valence-corrected chi connectivity index (χ3v) is 3.62. The summed E-state index contributed by atoms with van der Waals surface area (Å²) >= 11 is 1.48. The van der Waals surface area contributed by atoms with Gasteiger partial charge in [0.25, 0.3) is 0 Å². The van der Waals surface area contributed by atoms with Crippen LogP contribution in [0, 0.1) is 6.92 Å². The Morgan fingerprint density at radius 2 is 2.18 bits per heavy atom. The molecule has 3 aromatic rings. The van der Waals surface area contributed by atoms with Gasteiger partial charge in [0, 0.05) is 35.1 Å². The van der Waals surface area contributed by atoms with Crippen LogP contribution in [0.25, 0.3) is 22.2 Å². The Labute approximate surface area is 104 Å². The van der Waals surface area contributed by atoms with E-state index in [1.165, 1.54) is 27.8 Å². The molecule has 3 rings (SSSR count). The van der Waals surface area contributed by atoms with Crippen molar-refractivity contribution in [3.8, 4) is 11.3 Å². The molecule has 0 aliphatic rings. The minimum Gasteiger partial charge on any atom is -0.375 e. The first-order valence-corrected chi connectivity index (χ1v) is 6.30. The van der Waals surface area contributed by atoms with E-state index in [0.29, 0.717) is 5.13 Å². The lowest BCUT2D eigenvalue weighted by molar-refractivity contribution is 0.969. The summed E-state index contributed by atoms with van der Waals surface area (Å²) in [4.78, 5) is 4.36. The molecule has 2 aromatic heterocycles. The van der Waals surface area contributed by atoms with Gasteiger partial charge in [-0.15, -0.1) is 11.3 Å². The van der Waals surface area contributed by atoms with Crippen molar-refractivity contribution in [1.29, 1.82) is 0 Å². The molecule has 0 bridgehead atoms. The van der Waals surface area contributed by atoms with Crippen molar-refractivity contribution in [2.24, 2.45) is 7.05 Å². The zero-order chi connectivity index (χ0) is 12.0. The summed E-state index contributed by atoms with van der Waals surface area (Å²) in [6.45, 7) is 2.10. The van der Waals surface area contributed by atoms with Crippen molar-refractivity contribution in [2.75, 3.05) is 5.73 Å². The van der Waals surface area contributed by atoms with E-state index in [1.807, 2.05) is 5.38 Å². The number of nitrogen functional groups attached to an aromatic ring is 1. The number of thiazole rings is 1. The summed E-state index contributed by atoms with van der Waals surface area (Å²) < 4.78 is 2.12. The molecular formula is C13H13N3S. The minimum absolute atomic E-state index is 0.615. The van der Waals surface area contributed by atoms with Gasteiger partial charge in [0.15, 0.2) is 5.13 Å². The quantitative estimate of drug-likeness (QED) is 0.713. The summed E-state index contributed by atoms with van der Waals surface area (Å²) in [6.07, 6.45) is 2.11. The van der Waals surface area contributed by atoms with Crippen molar-refractivity contribution in [2.45, 2.75) is 6.92 Å².